The van der Waals surface area contributed by atoms with Crippen LogP contribution >= 0.6 is 0 Å². The lowest BCUT2D eigenvalue weighted by atomic mass is 10.1. The summed E-state index contributed by atoms with van der Waals surface area (Å²) >= 11 is 0. The van der Waals surface area contributed by atoms with E-state index in [9.17, 15) is 14.4 Å². The first-order valence-electron chi connectivity index (χ1n) is 23.8. The molecular weight excluding hydrogens is 769 g/mol. The molecule has 62 heavy (non-hydrogen) atoms. The average Bonchev–Trinajstić information content (AvgIpc) is 3.27. The van der Waals surface area contributed by atoms with Gasteiger partial charge in [0.2, 0.25) is 0 Å². The maximum atomic E-state index is 12.7. The summed E-state index contributed by atoms with van der Waals surface area (Å²) in [6, 6.07) is 0. The molecule has 0 aromatic heterocycles. The van der Waals surface area contributed by atoms with Gasteiger partial charge in [-0.1, -0.05) is 192 Å². The Labute approximate surface area is 378 Å². The Bertz CT molecular complexity index is 1440. The lowest BCUT2D eigenvalue weighted by molar-refractivity contribution is -0.166. The second kappa shape index (κ2) is 49.0. The number of esters is 3. The van der Waals surface area contributed by atoms with Crippen molar-refractivity contribution >= 4 is 17.9 Å². The van der Waals surface area contributed by atoms with Gasteiger partial charge in [-0.2, -0.15) is 0 Å². The van der Waals surface area contributed by atoms with E-state index in [1.165, 1.54) is 6.42 Å². The molecule has 1 atom stereocenters. The maximum Gasteiger partial charge on any atom is 0.310 e. The lowest BCUT2D eigenvalue weighted by Crippen LogP contribution is -2.30. The van der Waals surface area contributed by atoms with Crippen LogP contribution < -0.4 is 0 Å². The smallest absolute Gasteiger partial charge is 0.310 e. The molecule has 0 heterocycles. The summed E-state index contributed by atoms with van der Waals surface area (Å²) in [7, 11) is 0. The van der Waals surface area contributed by atoms with E-state index >= 15 is 0 Å². The molecule has 0 radical (unpaired) electrons. The summed E-state index contributed by atoms with van der Waals surface area (Å²) in [4.78, 5) is 37.7. The summed E-state index contributed by atoms with van der Waals surface area (Å²) in [5.74, 6) is -1.20. The van der Waals surface area contributed by atoms with Gasteiger partial charge in [-0.25, -0.2) is 0 Å². The quantitative estimate of drug-likeness (QED) is 0.0264. The van der Waals surface area contributed by atoms with Crippen LogP contribution in [0.1, 0.15) is 168 Å². The van der Waals surface area contributed by atoms with Crippen LogP contribution in [0.4, 0.5) is 0 Å². The Kier molecular flexibility index (Phi) is 45.2. The lowest BCUT2D eigenvalue weighted by Gasteiger charge is -2.18. The van der Waals surface area contributed by atoms with E-state index < -0.39 is 18.0 Å². The van der Waals surface area contributed by atoms with Gasteiger partial charge in [0, 0.05) is 12.8 Å². The molecule has 0 N–H and O–H groups in total. The van der Waals surface area contributed by atoms with E-state index in [0.717, 1.165) is 109 Å². The number of rotatable bonds is 40. The van der Waals surface area contributed by atoms with Crippen molar-refractivity contribution < 1.29 is 28.6 Å². The number of ether oxygens (including phenoxy) is 3. The highest BCUT2D eigenvalue weighted by atomic mass is 16.6. The van der Waals surface area contributed by atoms with E-state index in [0.29, 0.717) is 19.3 Å². The summed E-state index contributed by atoms with van der Waals surface area (Å²) in [6.07, 6.45) is 70.1. The zero-order valence-corrected chi connectivity index (χ0v) is 39.1. The largest absolute Gasteiger partial charge is 0.462 e. The predicted molar refractivity (Wildman–Crippen MR) is 265 cm³/mol. The van der Waals surface area contributed by atoms with Crippen LogP contribution in [0.3, 0.4) is 0 Å². The van der Waals surface area contributed by atoms with Crippen molar-refractivity contribution in [2.45, 2.75) is 175 Å². The van der Waals surface area contributed by atoms with Gasteiger partial charge in [-0.05, 0) is 103 Å². The minimum absolute atomic E-state index is 0.0724. The van der Waals surface area contributed by atoms with Gasteiger partial charge in [0.15, 0.2) is 6.10 Å². The number of hydrogen-bond acceptors (Lipinski definition) is 6. The topological polar surface area (TPSA) is 78.9 Å². The average molecular weight is 853 g/mol. The Morgan fingerprint density at radius 2 is 0.710 bits per heavy atom. The molecule has 0 amide bonds. The van der Waals surface area contributed by atoms with Crippen LogP contribution in [-0.2, 0) is 28.6 Å². The second-order valence-electron chi connectivity index (χ2n) is 14.9. The molecule has 0 aromatic rings. The van der Waals surface area contributed by atoms with Crippen molar-refractivity contribution in [2.24, 2.45) is 0 Å². The highest BCUT2D eigenvalue weighted by molar-refractivity contribution is 5.72. The standard InChI is InChI=1S/C56H84O6/c1-4-7-10-13-16-19-22-24-26-27-28-29-31-32-34-37-40-43-46-49-55(58)61-52-53(51-60-54(57)48-45-42-39-36-21-18-15-12-9-6-3)62-56(59)50-47-44-41-38-35-33-30-25-23-20-17-14-11-8-5-2/h7-8,10-12,15-17,19-20,24-26,28-30,32,34-35,38,40,43-44,47,53H,4-6,9,13-14,18,21-23,27,31,33,36-37,39,41-42,45-46,48-52H2,1-3H3/b10-7-,11-8-,15-12-,19-16-,20-17-,26-24-,29-28-,30-25-,34-32-,38-35-,43-40-,47-44-. The van der Waals surface area contributed by atoms with Gasteiger partial charge >= 0.3 is 17.9 Å². The fourth-order valence-electron chi connectivity index (χ4n) is 5.60. The van der Waals surface area contributed by atoms with Gasteiger partial charge in [-0.3, -0.25) is 14.4 Å². The third-order valence-electron chi connectivity index (χ3n) is 9.09. The molecule has 1 unspecified atom stereocenters. The minimum atomic E-state index is -0.871. The van der Waals surface area contributed by atoms with Crippen LogP contribution in [0.2, 0.25) is 0 Å². The molecule has 0 aliphatic rings. The minimum Gasteiger partial charge on any atom is -0.462 e. The molecule has 0 rings (SSSR count). The molecule has 0 fully saturated rings. The van der Waals surface area contributed by atoms with E-state index in [-0.39, 0.29) is 32.0 Å². The number of carbonyl (C=O) groups excluding carboxylic acids is 3. The molecule has 344 valence electrons. The van der Waals surface area contributed by atoms with Crippen molar-refractivity contribution in [3.63, 3.8) is 0 Å². The summed E-state index contributed by atoms with van der Waals surface area (Å²) in [5, 5.41) is 0. The van der Waals surface area contributed by atoms with Crippen molar-refractivity contribution in [2.75, 3.05) is 13.2 Å². The van der Waals surface area contributed by atoms with Crippen molar-refractivity contribution in [3.8, 4) is 0 Å². The number of hydrogen-bond donors (Lipinski definition) is 0. The molecule has 0 aromatic carbocycles. The SMILES string of the molecule is CC/C=C\C/C=C\C/C=C\C/C=C\C/C=C\C/C=C\CCC(=O)OCC(COC(=O)CCCCCCC/C=C\CCC)OC(=O)C/C=C\C/C=C\C/C=C\C/C=C\C/C=C\CC. The van der Waals surface area contributed by atoms with E-state index in [1.807, 2.05) is 18.2 Å². The number of allylic oxidation sites excluding steroid dienone is 23. The fourth-order valence-corrected chi connectivity index (χ4v) is 5.60. The van der Waals surface area contributed by atoms with Gasteiger partial charge in [0.1, 0.15) is 13.2 Å². The Morgan fingerprint density at radius 3 is 1.16 bits per heavy atom. The first kappa shape index (κ1) is 57.3. The van der Waals surface area contributed by atoms with Gasteiger partial charge in [-0.15, -0.1) is 0 Å². The molecule has 6 heteroatoms. The normalized spacial score (nSPS) is 13.4. The highest BCUT2D eigenvalue weighted by Gasteiger charge is 2.19. The molecule has 0 saturated carbocycles. The monoisotopic (exact) mass is 853 g/mol. The summed E-state index contributed by atoms with van der Waals surface area (Å²) < 4.78 is 16.5. The molecule has 0 aliphatic heterocycles. The maximum absolute atomic E-state index is 12.7. The van der Waals surface area contributed by atoms with Gasteiger partial charge in [0.05, 0.1) is 6.42 Å². The highest BCUT2D eigenvalue weighted by Crippen LogP contribution is 2.10. The van der Waals surface area contributed by atoms with Crippen molar-refractivity contribution in [1.29, 1.82) is 0 Å². The van der Waals surface area contributed by atoms with Crippen LogP contribution in [0.15, 0.2) is 146 Å². The number of carbonyl (C=O) groups is 3. The first-order chi connectivity index (χ1) is 30.5. The summed E-state index contributed by atoms with van der Waals surface area (Å²) in [5.41, 5.74) is 0. The molecule has 0 bridgehead atoms. The third-order valence-corrected chi connectivity index (χ3v) is 9.09. The molecule has 0 spiro atoms. The number of unbranched alkanes of at least 4 members (excludes halogenated alkanes) is 6. The molecule has 0 saturated heterocycles. The van der Waals surface area contributed by atoms with E-state index in [2.05, 4.69) is 142 Å². The van der Waals surface area contributed by atoms with Gasteiger partial charge in [0.25, 0.3) is 0 Å². The third kappa shape index (κ3) is 46.4. The van der Waals surface area contributed by atoms with E-state index in [4.69, 9.17) is 14.2 Å². The van der Waals surface area contributed by atoms with Crippen LogP contribution in [0.25, 0.3) is 0 Å². The molecule has 0 aliphatic carbocycles. The van der Waals surface area contributed by atoms with Crippen LogP contribution in [-0.4, -0.2) is 37.2 Å². The molecular formula is C56H84O6. The van der Waals surface area contributed by atoms with E-state index in [1.54, 1.807) is 6.08 Å². The zero-order valence-electron chi connectivity index (χ0n) is 39.1. The van der Waals surface area contributed by atoms with Crippen LogP contribution in [0, 0.1) is 0 Å². The Balaban J connectivity index is 4.64. The van der Waals surface area contributed by atoms with Crippen LogP contribution in [0.5, 0.6) is 0 Å². The second-order valence-corrected chi connectivity index (χ2v) is 14.9. The zero-order chi connectivity index (χ0) is 45.1. The first-order valence-corrected chi connectivity index (χ1v) is 23.8. The molecule has 6 nitrogen and oxygen atoms in total. The van der Waals surface area contributed by atoms with Crippen molar-refractivity contribution in [3.05, 3.63) is 146 Å². The van der Waals surface area contributed by atoms with Crippen molar-refractivity contribution in [1.82, 2.24) is 0 Å². The van der Waals surface area contributed by atoms with Gasteiger partial charge < -0.3 is 14.2 Å². The Morgan fingerprint density at radius 1 is 0.355 bits per heavy atom. The predicted octanol–water partition coefficient (Wildman–Crippen LogP) is 15.7. The fraction of sp³-hybridized carbons (Fsp3) is 0.518. The Hall–Kier alpha value is -4.71. The summed E-state index contributed by atoms with van der Waals surface area (Å²) in [6.45, 7) is 6.15.